The number of nitrogens with two attached hydrogens (primary N) is 1. The van der Waals surface area contributed by atoms with Crippen molar-refractivity contribution >= 4 is 5.82 Å². The van der Waals surface area contributed by atoms with Gasteiger partial charge in [-0.05, 0) is 19.3 Å². The Morgan fingerprint density at radius 2 is 2.13 bits per heavy atom. The third-order valence-corrected chi connectivity index (χ3v) is 3.10. The van der Waals surface area contributed by atoms with Crippen LogP contribution in [0, 0.1) is 0 Å². The first-order valence-corrected chi connectivity index (χ1v) is 5.40. The summed E-state index contributed by atoms with van der Waals surface area (Å²) in [5.41, 5.74) is 6.77. The Labute approximate surface area is 89.9 Å². The number of aromatic nitrogens is 2. The number of rotatable bonds is 2. The molecular formula is C11H17N3O. The number of hydrogen-bond acceptors (Lipinski definition) is 4. The maximum Gasteiger partial charge on any atom is 0.145 e. The van der Waals surface area contributed by atoms with Gasteiger partial charge >= 0.3 is 0 Å². The Morgan fingerprint density at radius 1 is 1.33 bits per heavy atom. The van der Waals surface area contributed by atoms with E-state index in [-0.39, 0.29) is 0 Å². The summed E-state index contributed by atoms with van der Waals surface area (Å²) < 4.78 is 5.39. The zero-order valence-corrected chi connectivity index (χ0v) is 9.02. The minimum Gasteiger partial charge on any atom is -0.382 e. The van der Waals surface area contributed by atoms with E-state index in [4.69, 9.17) is 10.5 Å². The molecule has 1 saturated carbocycles. The topological polar surface area (TPSA) is 61.0 Å². The quantitative estimate of drug-likeness (QED) is 0.802. The molecule has 1 aliphatic carbocycles. The van der Waals surface area contributed by atoms with Crippen molar-refractivity contribution in [3.63, 3.8) is 0 Å². The summed E-state index contributed by atoms with van der Waals surface area (Å²) in [7, 11) is 1.77. The van der Waals surface area contributed by atoms with Crippen LogP contribution in [0.25, 0.3) is 0 Å². The fraction of sp³-hybridized carbons (Fsp3) is 0.636. The van der Waals surface area contributed by atoms with Crippen molar-refractivity contribution in [1.82, 2.24) is 9.97 Å². The van der Waals surface area contributed by atoms with Crippen molar-refractivity contribution < 1.29 is 4.74 Å². The lowest BCUT2D eigenvalue weighted by Crippen LogP contribution is -2.22. The highest BCUT2D eigenvalue weighted by molar-refractivity contribution is 5.36. The first-order chi connectivity index (χ1) is 7.31. The molecule has 1 heterocycles. The molecular weight excluding hydrogens is 190 g/mol. The number of hydrogen-bond donors (Lipinski definition) is 1. The van der Waals surface area contributed by atoms with E-state index >= 15 is 0 Å². The van der Waals surface area contributed by atoms with Crippen LogP contribution >= 0.6 is 0 Å². The summed E-state index contributed by atoms with van der Waals surface area (Å²) in [5, 5.41) is 0. The average molecular weight is 207 g/mol. The molecule has 1 aliphatic rings. The van der Waals surface area contributed by atoms with Gasteiger partial charge in [0.1, 0.15) is 5.82 Å². The van der Waals surface area contributed by atoms with Gasteiger partial charge in [-0.2, -0.15) is 0 Å². The summed E-state index contributed by atoms with van der Waals surface area (Å²) in [4.78, 5) is 8.41. The van der Waals surface area contributed by atoms with Crippen molar-refractivity contribution in [2.45, 2.75) is 37.7 Å². The molecule has 1 aromatic heterocycles. The maximum atomic E-state index is 5.82. The standard InChI is InChI=1S/C11H17N3O/c1-15-9-4-2-3-8(7-9)10-11(12)14-6-5-13-10/h5-6,8-9H,2-4,7H2,1H3,(H2,12,14)/t8-,9+/m1/s1. The summed E-state index contributed by atoms with van der Waals surface area (Å²) in [5.74, 6) is 0.983. The largest absolute Gasteiger partial charge is 0.382 e. The van der Waals surface area contributed by atoms with Gasteiger partial charge in [0.05, 0.1) is 11.8 Å². The first kappa shape index (κ1) is 10.4. The molecule has 15 heavy (non-hydrogen) atoms. The molecule has 0 bridgehead atoms. The van der Waals surface area contributed by atoms with Crippen LogP contribution in [-0.4, -0.2) is 23.2 Å². The number of ether oxygens (including phenoxy) is 1. The Kier molecular flexibility index (Phi) is 3.16. The van der Waals surface area contributed by atoms with Crippen LogP contribution < -0.4 is 5.73 Å². The average Bonchev–Trinajstić information content (AvgIpc) is 2.30. The van der Waals surface area contributed by atoms with Crippen molar-refractivity contribution in [2.24, 2.45) is 0 Å². The van der Waals surface area contributed by atoms with Crippen LogP contribution in [-0.2, 0) is 4.74 Å². The predicted molar refractivity (Wildman–Crippen MR) is 58.5 cm³/mol. The van der Waals surface area contributed by atoms with Crippen molar-refractivity contribution in [2.75, 3.05) is 12.8 Å². The van der Waals surface area contributed by atoms with Crippen LogP contribution in [0.15, 0.2) is 12.4 Å². The Hall–Kier alpha value is -1.16. The number of nitrogen functional groups attached to an aromatic ring is 1. The highest BCUT2D eigenvalue weighted by Crippen LogP contribution is 2.34. The second-order valence-corrected chi connectivity index (χ2v) is 4.05. The van der Waals surface area contributed by atoms with Gasteiger partial charge in [-0.3, -0.25) is 4.98 Å². The molecule has 0 aliphatic heterocycles. The van der Waals surface area contributed by atoms with Crippen LogP contribution in [0.2, 0.25) is 0 Å². The zero-order chi connectivity index (χ0) is 10.7. The van der Waals surface area contributed by atoms with Gasteiger partial charge in [0.25, 0.3) is 0 Å². The molecule has 0 aromatic carbocycles. The highest BCUT2D eigenvalue weighted by Gasteiger charge is 2.25. The third kappa shape index (κ3) is 2.26. The predicted octanol–water partition coefficient (Wildman–Crippen LogP) is 1.73. The van der Waals surface area contributed by atoms with Gasteiger partial charge in [0.2, 0.25) is 0 Å². The first-order valence-electron chi connectivity index (χ1n) is 5.40. The lowest BCUT2D eigenvalue weighted by Gasteiger charge is -2.27. The van der Waals surface area contributed by atoms with Gasteiger partial charge in [-0.1, -0.05) is 6.42 Å². The molecule has 2 rings (SSSR count). The molecule has 0 amide bonds. The van der Waals surface area contributed by atoms with E-state index in [9.17, 15) is 0 Å². The van der Waals surface area contributed by atoms with Crippen LogP contribution in [0.3, 0.4) is 0 Å². The van der Waals surface area contributed by atoms with Gasteiger partial charge in [-0.25, -0.2) is 4.98 Å². The summed E-state index contributed by atoms with van der Waals surface area (Å²) in [6.07, 6.45) is 8.18. The van der Waals surface area contributed by atoms with E-state index in [1.165, 1.54) is 6.42 Å². The SMILES string of the molecule is CO[C@H]1CCC[C@@H](c2nccnc2N)C1. The van der Waals surface area contributed by atoms with Crippen molar-refractivity contribution in [3.8, 4) is 0 Å². The molecule has 0 spiro atoms. The second kappa shape index (κ2) is 4.57. The summed E-state index contributed by atoms with van der Waals surface area (Å²) in [6.45, 7) is 0. The van der Waals surface area contributed by atoms with Gasteiger partial charge in [0.15, 0.2) is 0 Å². The van der Waals surface area contributed by atoms with Gasteiger partial charge in [0, 0.05) is 25.4 Å². The molecule has 82 valence electrons. The molecule has 4 nitrogen and oxygen atoms in total. The second-order valence-electron chi connectivity index (χ2n) is 4.05. The van der Waals surface area contributed by atoms with Crippen LogP contribution in [0.1, 0.15) is 37.3 Å². The van der Waals surface area contributed by atoms with Crippen LogP contribution in [0.5, 0.6) is 0 Å². The molecule has 1 aromatic rings. The van der Waals surface area contributed by atoms with E-state index in [0.29, 0.717) is 17.8 Å². The lowest BCUT2D eigenvalue weighted by molar-refractivity contribution is 0.0630. The van der Waals surface area contributed by atoms with Gasteiger partial charge in [-0.15, -0.1) is 0 Å². The number of anilines is 1. The number of nitrogens with zero attached hydrogens (tertiary/aromatic N) is 2. The van der Waals surface area contributed by atoms with Crippen LogP contribution in [0.4, 0.5) is 5.82 Å². The monoisotopic (exact) mass is 207 g/mol. The molecule has 0 saturated heterocycles. The zero-order valence-electron chi connectivity index (χ0n) is 9.02. The van der Waals surface area contributed by atoms with E-state index < -0.39 is 0 Å². The fourth-order valence-electron chi connectivity index (χ4n) is 2.28. The van der Waals surface area contributed by atoms with E-state index in [2.05, 4.69) is 9.97 Å². The normalized spacial score (nSPS) is 26.5. The highest BCUT2D eigenvalue weighted by atomic mass is 16.5. The van der Waals surface area contributed by atoms with E-state index in [1.54, 1.807) is 19.5 Å². The molecule has 1 fully saturated rings. The molecule has 2 N–H and O–H groups in total. The smallest absolute Gasteiger partial charge is 0.145 e. The summed E-state index contributed by atoms with van der Waals surface area (Å²) in [6, 6.07) is 0. The Morgan fingerprint density at radius 3 is 2.87 bits per heavy atom. The molecule has 4 heteroatoms. The third-order valence-electron chi connectivity index (χ3n) is 3.10. The van der Waals surface area contributed by atoms with Crippen molar-refractivity contribution in [1.29, 1.82) is 0 Å². The Bertz CT molecular complexity index is 329. The van der Waals surface area contributed by atoms with Crippen molar-refractivity contribution in [3.05, 3.63) is 18.1 Å². The fourth-order valence-corrected chi connectivity index (χ4v) is 2.28. The lowest BCUT2D eigenvalue weighted by atomic mass is 9.85. The molecule has 2 atom stereocenters. The maximum absolute atomic E-state index is 5.82. The van der Waals surface area contributed by atoms with Gasteiger partial charge < -0.3 is 10.5 Å². The summed E-state index contributed by atoms with van der Waals surface area (Å²) >= 11 is 0. The minimum atomic E-state index is 0.352. The number of methoxy groups -OCH3 is 1. The Balaban J connectivity index is 2.13. The minimum absolute atomic E-state index is 0.352. The molecule has 0 radical (unpaired) electrons. The van der Waals surface area contributed by atoms with E-state index in [1.807, 2.05) is 0 Å². The molecule has 0 unspecified atom stereocenters. The van der Waals surface area contributed by atoms with E-state index in [0.717, 1.165) is 25.0 Å².